The van der Waals surface area contributed by atoms with Crippen LogP contribution in [0.3, 0.4) is 0 Å². The normalized spacial score (nSPS) is 11.8. The van der Waals surface area contributed by atoms with Crippen molar-refractivity contribution in [2.45, 2.75) is 20.0 Å². The molecule has 6 nitrogen and oxygen atoms in total. The van der Waals surface area contributed by atoms with Gasteiger partial charge in [0.25, 0.3) is 0 Å². The zero-order valence-electron chi connectivity index (χ0n) is 11.3. The Kier molecular flexibility index (Phi) is 6.47. The van der Waals surface area contributed by atoms with Crippen LogP contribution in [-0.2, 0) is 4.74 Å². The fourth-order valence-corrected chi connectivity index (χ4v) is 1.97. The van der Waals surface area contributed by atoms with Crippen molar-refractivity contribution in [1.29, 1.82) is 0 Å². The van der Waals surface area contributed by atoms with Crippen LogP contribution in [0.5, 0.6) is 0 Å². The first-order chi connectivity index (χ1) is 9.43. The topological polar surface area (TPSA) is 87.7 Å². The van der Waals surface area contributed by atoms with Crippen molar-refractivity contribution in [2.24, 2.45) is 0 Å². The largest absolute Gasteiger partial charge is 0.478 e. The lowest BCUT2D eigenvalue weighted by Gasteiger charge is -2.14. The number of carboxylic acids is 1. The quantitative estimate of drug-likeness (QED) is 0.740. The lowest BCUT2D eigenvalue weighted by atomic mass is 10.2. The van der Waals surface area contributed by atoms with Crippen molar-refractivity contribution >= 4 is 33.6 Å². The van der Waals surface area contributed by atoms with Gasteiger partial charge in [0, 0.05) is 17.6 Å². The van der Waals surface area contributed by atoms with Crippen molar-refractivity contribution in [2.75, 3.05) is 18.5 Å². The van der Waals surface area contributed by atoms with Crippen LogP contribution in [0.2, 0.25) is 0 Å². The van der Waals surface area contributed by atoms with Gasteiger partial charge in [-0.05, 0) is 48.0 Å². The van der Waals surface area contributed by atoms with Crippen LogP contribution in [0.25, 0.3) is 0 Å². The number of benzene rings is 1. The Morgan fingerprint density at radius 1 is 1.45 bits per heavy atom. The number of aromatic carboxylic acids is 1. The number of hydrogen-bond acceptors (Lipinski definition) is 3. The van der Waals surface area contributed by atoms with E-state index in [1.54, 1.807) is 0 Å². The van der Waals surface area contributed by atoms with E-state index in [-0.39, 0.29) is 17.7 Å². The molecule has 0 aliphatic carbocycles. The Morgan fingerprint density at radius 2 is 2.15 bits per heavy atom. The second-order valence-electron chi connectivity index (χ2n) is 4.10. The van der Waals surface area contributed by atoms with Crippen LogP contribution in [-0.4, -0.2) is 36.4 Å². The van der Waals surface area contributed by atoms with E-state index in [2.05, 4.69) is 26.6 Å². The van der Waals surface area contributed by atoms with Crippen molar-refractivity contribution in [3.63, 3.8) is 0 Å². The highest BCUT2D eigenvalue weighted by molar-refractivity contribution is 9.10. The fourth-order valence-electron chi connectivity index (χ4n) is 1.50. The molecule has 1 atom stereocenters. The van der Waals surface area contributed by atoms with Gasteiger partial charge in [0.2, 0.25) is 0 Å². The first-order valence-corrected chi connectivity index (χ1v) is 6.92. The minimum absolute atomic E-state index is 0.0661. The van der Waals surface area contributed by atoms with E-state index in [0.29, 0.717) is 23.3 Å². The predicted molar refractivity (Wildman–Crippen MR) is 79.2 cm³/mol. The molecule has 0 aliphatic heterocycles. The summed E-state index contributed by atoms with van der Waals surface area (Å²) in [7, 11) is 0. The summed E-state index contributed by atoms with van der Waals surface area (Å²) >= 11 is 3.22. The molecule has 2 amide bonds. The smallest absolute Gasteiger partial charge is 0.335 e. The SMILES string of the molecule is CCOC(C)CNC(=O)Nc1ccc(C(=O)O)cc1Br. The Hall–Kier alpha value is -1.60. The van der Waals surface area contributed by atoms with Crippen molar-refractivity contribution < 1.29 is 19.4 Å². The summed E-state index contributed by atoms with van der Waals surface area (Å²) in [5.41, 5.74) is 0.643. The summed E-state index contributed by atoms with van der Waals surface area (Å²) in [5, 5.41) is 14.1. The Labute approximate surface area is 125 Å². The first kappa shape index (κ1) is 16.5. The van der Waals surface area contributed by atoms with Gasteiger partial charge in [-0.25, -0.2) is 9.59 Å². The zero-order chi connectivity index (χ0) is 15.1. The van der Waals surface area contributed by atoms with Gasteiger partial charge in [-0.2, -0.15) is 0 Å². The second-order valence-corrected chi connectivity index (χ2v) is 4.96. The highest BCUT2D eigenvalue weighted by Crippen LogP contribution is 2.23. The third-order valence-corrected chi connectivity index (χ3v) is 3.12. The molecule has 0 saturated heterocycles. The number of nitrogens with one attached hydrogen (secondary N) is 2. The van der Waals surface area contributed by atoms with E-state index >= 15 is 0 Å². The van der Waals surface area contributed by atoms with Gasteiger partial charge in [0.1, 0.15) is 0 Å². The summed E-state index contributed by atoms with van der Waals surface area (Å²) in [6, 6.07) is 4.01. The number of anilines is 1. The number of carbonyl (C=O) groups excluding carboxylic acids is 1. The minimum atomic E-state index is -1.02. The lowest BCUT2D eigenvalue weighted by Crippen LogP contribution is -2.35. The number of carbonyl (C=O) groups is 2. The maximum absolute atomic E-state index is 11.7. The second kappa shape index (κ2) is 7.86. The van der Waals surface area contributed by atoms with Crippen LogP contribution in [0.15, 0.2) is 22.7 Å². The molecule has 3 N–H and O–H groups in total. The van der Waals surface area contributed by atoms with Crippen LogP contribution in [0, 0.1) is 0 Å². The summed E-state index contributed by atoms with van der Waals surface area (Å²) in [4.78, 5) is 22.5. The van der Waals surface area contributed by atoms with Gasteiger partial charge in [-0.1, -0.05) is 0 Å². The van der Waals surface area contributed by atoms with Crippen molar-refractivity contribution in [1.82, 2.24) is 5.32 Å². The van der Waals surface area contributed by atoms with Gasteiger partial charge < -0.3 is 20.5 Å². The number of hydrogen-bond donors (Lipinski definition) is 3. The van der Waals surface area contributed by atoms with E-state index in [1.807, 2.05) is 13.8 Å². The highest BCUT2D eigenvalue weighted by atomic mass is 79.9. The van der Waals surface area contributed by atoms with E-state index in [4.69, 9.17) is 9.84 Å². The molecule has 0 aliphatic rings. The molecule has 7 heteroatoms. The van der Waals surface area contributed by atoms with Gasteiger partial charge in [0.15, 0.2) is 0 Å². The number of carboxylic acid groups (broad SMARTS) is 1. The Bertz CT molecular complexity index is 493. The average Bonchev–Trinajstić information content (AvgIpc) is 2.39. The van der Waals surface area contributed by atoms with E-state index in [9.17, 15) is 9.59 Å². The standard InChI is InChI=1S/C13H17BrN2O4/c1-3-20-8(2)7-15-13(19)16-11-5-4-9(12(17)18)6-10(11)14/h4-6,8H,3,7H2,1-2H3,(H,17,18)(H2,15,16,19). The van der Waals surface area contributed by atoms with Crippen LogP contribution >= 0.6 is 15.9 Å². The van der Waals surface area contributed by atoms with Crippen LogP contribution < -0.4 is 10.6 Å². The fraction of sp³-hybridized carbons (Fsp3) is 0.385. The number of amides is 2. The molecule has 1 rings (SSSR count). The van der Waals surface area contributed by atoms with E-state index in [1.165, 1.54) is 18.2 Å². The summed E-state index contributed by atoms with van der Waals surface area (Å²) < 4.78 is 5.80. The molecule has 1 aromatic rings. The molecular formula is C13H17BrN2O4. The molecule has 0 radical (unpaired) electrons. The summed E-state index contributed by atoms with van der Waals surface area (Å²) in [6.45, 7) is 4.73. The third-order valence-electron chi connectivity index (χ3n) is 2.47. The lowest BCUT2D eigenvalue weighted by molar-refractivity contribution is 0.0696. The van der Waals surface area contributed by atoms with Crippen molar-refractivity contribution in [3.05, 3.63) is 28.2 Å². The molecular weight excluding hydrogens is 328 g/mol. The molecule has 0 fully saturated rings. The minimum Gasteiger partial charge on any atom is -0.478 e. The summed E-state index contributed by atoms with van der Waals surface area (Å²) in [5.74, 6) is -1.02. The van der Waals surface area contributed by atoms with Crippen LogP contribution in [0.1, 0.15) is 24.2 Å². The van der Waals surface area contributed by atoms with Gasteiger partial charge >= 0.3 is 12.0 Å². The number of rotatable bonds is 6. The highest BCUT2D eigenvalue weighted by Gasteiger charge is 2.10. The summed E-state index contributed by atoms with van der Waals surface area (Å²) in [6.07, 6.45) is -0.0661. The maximum Gasteiger partial charge on any atom is 0.335 e. The third kappa shape index (κ3) is 5.18. The monoisotopic (exact) mass is 344 g/mol. The molecule has 0 heterocycles. The van der Waals surface area contributed by atoms with Gasteiger partial charge in [-0.15, -0.1) is 0 Å². The average molecular weight is 345 g/mol. The number of ether oxygens (including phenoxy) is 1. The zero-order valence-corrected chi connectivity index (χ0v) is 12.9. The molecule has 1 unspecified atom stereocenters. The molecule has 0 saturated carbocycles. The maximum atomic E-state index is 11.7. The molecule has 0 bridgehead atoms. The molecule has 0 aromatic heterocycles. The Balaban J connectivity index is 2.56. The molecule has 110 valence electrons. The van der Waals surface area contributed by atoms with E-state index in [0.717, 1.165) is 0 Å². The van der Waals surface area contributed by atoms with E-state index < -0.39 is 5.97 Å². The van der Waals surface area contributed by atoms with Gasteiger partial charge in [0.05, 0.1) is 17.4 Å². The van der Waals surface area contributed by atoms with Crippen molar-refractivity contribution in [3.8, 4) is 0 Å². The predicted octanol–water partition coefficient (Wildman–Crippen LogP) is 2.69. The molecule has 1 aromatic carbocycles. The van der Waals surface area contributed by atoms with Crippen LogP contribution in [0.4, 0.5) is 10.5 Å². The number of urea groups is 1. The number of halogens is 1. The first-order valence-electron chi connectivity index (χ1n) is 6.13. The van der Waals surface area contributed by atoms with Gasteiger partial charge in [-0.3, -0.25) is 0 Å². The molecule has 20 heavy (non-hydrogen) atoms. The Morgan fingerprint density at radius 3 is 2.70 bits per heavy atom. The molecule has 0 spiro atoms.